The number of amides is 3. The van der Waals surface area contributed by atoms with Crippen LogP contribution in [0.4, 0.5) is 21.9 Å². The smallest absolute Gasteiger partial charge is 0.372 e. The fourth-order valence-electron chi connectivity index (χ4n) is 8.25. The zero-order chi connectivity index (χ0) is 54.0. The normalized spacial score (nSPS) is 12.9. The molecule has 22 heteroatoms. The van der Waals surface area contributed by atoms with Crippen LogP contribution >= 0.6 is 46.0 Å². The van der Waals surface area contributed by atoms with Crippen molar-refractivity contribution in [2.24, 2.45) is 15.2 Å². The van der Waals surface area contributed by atoms with E-state index >= 15 is 0 Å². The van der Waals surface area contributed by atoms with Crippen LogP contribution < -0.4 is 20.9 Å². The first-order chi connectivity index (χ1) is 37.3. The maximum absolute atomic E-state index is 13.7. The molecule has 0 radical (unpaired) electrons. The molecule has 0 spiro atoms. The van der Waals surface area contributed by atoms with Gasteiger partial charge in [0.1, 0.15) is 23.5 Å². The van der Waals surface area contributed by atoms with Crippen molar-refractivity contribution in [3.05, 3.63) is 169 Å². The third-order valence-corrected chi connectivity index (χ3v) is 15.4. The highest BCUT2D eigenvalue weighted by Gasteiger charge is 2.32. The topological polar surface area (TPSA) is 220 Å². The summed E-state index contributed by atoms with van der Waals surface area (Å²) in [6.45, 7) is 7.07. The zero-order valence-electron chi connectivity index (χ0n) is 42.7. The highest BCUT2D eigenvalue weighted by Crippen LogP contribution is 2.40. The second-order valence-electron chi connectivity index (χ2n) is 17.9. The van der Waals surface area contributed by atoms with Crippen molar-refractivity contribution in [3.8, 4) is 5.00 Å². The van der Waals surface area contributed by atoms with Crippen LogP contribution in [0.5, 0.6) is 0 Å². The Hall–Kier alpha value is -7.69. The Balaban J connectivity index is 0.800. The van der Waals surface area contributed by atoms with Gasteiger partial charge in [0.15, 0.2) is 5.82 Å². The molecule has 0 saturated heterocycles. The van der Waals surface area contributed by atoms with Gasteiger partial charge in [0.05, 0.1) is 52.8 Å². The number of benzene rings is 4. The van der Waals surface area contributed by atoms with E-state index in [1.165, 1.54) is 17.5 Å². The number of aromatic nitrogens is 5. The number of carbonyl (C=O) groups excluding carboxylic acids is 4. The number of aryl methyl sites for hydroxylation is 2. The minimum atomic E-state index is -0.623. The standard InChI is InChI=1S/C55H53ClN12O6S3/c1-32-33(2)76-54-48(32)50(36-8-10-40(56)11-9-36)62-44(51-66-63-34(3)68(51)54)29-46(69)57-20-23-73-24-21-60-52(70)38-26-37-27-39(53(71)59-19-18-47-58-22-25-75-47)30-61-49(37)45(28-38)77-55(72)74-31-35-6-12-41(13-7-35)64-65-42-14-16-43(17-15-42)67(4)5/h6-17,22,25-28,30,44H,18-21,23-24,29,31H2,1-5H3,(H,57,69)(H,59,71)(H,60,70)/t44-/m0/s1. The van der Waals surface area contributed by atoms with Crippen molar-refractivity contribution in [2.45, 2.75) is 51.2 Å². The van der Waals surface area contributed by atoms with E-state index < -0.39 is 17.3 Å². The molecule has 3 amide bonds. The fraction of sp³-hybridized carbons (Fsp3) is 0.255. The molecule has 3 N–H and O–H groups in total. The molecular weight excluding hydrogens is 1060 g/mol. The molecule has 0 bridgehead atoms. The van der Waals surface area contributed by atoms with E-state index in [1.807, 2.05) is 84.4 Å². The number of fused-ring (bicyclic) bond motifs is 4. The Labute approximate surface area is 461 Å². The van der Waals surface area contributed by atoms with Gasteiger partial charge in [0.25, 0.3) is 11.8 Å². The van der Waals surface area contributed by atoms with Crippen LogP contribution in [0.1, 0.15) is 77.0 Å². The van der Waals surface area contributed by atoms with Gasteiger partial charge < -0.3 is 30.3 Å². The molecule has 0 fully saturated rings. The molecule has 4 aromatic carbocycles. The average Bonchev–Trinajstić information content (AvgIpc) is 4.15. The summed E-state index contributed by atoms with van der Waals surface area (Å²) < 4.78 is 13.5. The van der Waals surface area contributed by atoms with Crippen LogP contribution in [0.25, 0.3) is 15.9 Å². The summed E-state index contributed by atoms with van der Waals surface area (Å²) in [6, 6.07) is 26.6. The lowest BCUT2D eigenvalue weighted by Gasteiger charge is -2.13. The number of pyridine rings is 1. The molecule has 4 aromatic heterocycles. The summed E-state index contributed by atoms with van der Waals surface area (Å²) in [6.07, 6.45) is 3.75. The van der Waals surface area contributed by atoms with Crippen LogP contribution in [0.2, 0.25) is 5.02 Å². The third-order valence-electron chi connectivity index (χ3n) is 12.4. The summed E-state index contributed by atoms with van der Waals surface area (Å²) in [4.78, 5) is 71.3. The number of ether oxygens (including phenoxy) is 2. The maximum Gasteiger partial charge on any atom is 0.372 e. The summed E-state index contributed by atoms with van der Waals surface area (Å²) >= 11 is 10.2. The number of halogens is 1. The third kappa shape index (κ3) is 13.5. The molecule has 1 aliphatic heterocycles. The Bertz CT molecular complexity index is 3490. The van der Waals surface area contributed by atoms with Crippen molar-refractivity contribution in [2.75, 3.05) is 51.8 Å². The number of aliphatic imine (C=N–C) groups is 1. The zero-order valence-corrected chi connectivity index (χ0v) is 45.9. The number of hydrogen-bond donors (Lipinski definition) is 3. The number of anilines is 1. The molecule has 1 atom stereocenters. The number of nitrogens with zero attached hydrogens (tertiary/aromatic N) is 9. The minimum Gasteiger partial charge on any atom is -0.452 e. The summed E-state index contributed by atoms with van der Waals surface area (Å²) in [5, 5.41) is 30.4. The first kappa shape index (κ1) is 54.1. The van der Waals surface area contributed by atoms with Gasteiger partial charge >= 0.3 is 5.30 Å². The fourth-order valence-corrected chi connectivity index (χ4v) is 11.0. The Kier molecular flexibility index (Phi) is 17.6. The lowest BCUT2D eigenvalue weighted by atomic mass is 9.99. The lowest BCUT2D eigenvalue weighted by Crippen LogP contribution is -2.31. The van der Waals surface area contributed by atoms with Gasteiger partial charge in [-0.05, 0) is 110 Å². The van der Waals surface area contributed by atoms with Crippen LogP contribution in [-0.2, 0) is 27.3 Å². The van der Waals surface area contributed by atoms with Gasteiger partial charge in [-0.1, -0.05) is 35.9 Å². The number of nitrogens with one attached hydrogen (secondary N) is 3. The van der Waals surface area contributed by atoms with Crippen LogP contribution in [0, 0.1) is 20.8 Å². The maximum atomic E-state index is 13.7. The van der Waals surface area contributed by atoms with E-state index in [9.17, 15) is 19.2 Å². The first-order valence-electron chi connectivity index (χ1n) is 24.5. The number of carbonyl (C=O) groups is 4. The SMILES string of the molecule is Cc1sc2c(c1C)C(c1ccc(Cl)cc1)=N[C@@H](CC(=O)NCCOCCNC(=O)c1cc(SC(=O)OCc3ccc(N=Nc4ccc(N(C)C)cc4)cc3)c3ncc(C(=O)NCCc4nccs4)cc3c1)c1nnc(C)n1-2. The molecule has 8 aromatic rings. The molecule has 5 heterocycles. The van der Waals surface area contributed by atoms with E-state index in [1.54, 1.807) is 60.0 Å². The van der Waals surface area contributed by atoms with Gasteiger partial charge in [0, 0.05) is 100 Å². The lowest BCUT2D eigenvalue weighted by molar-refractivity contribution is -0.121. The number of rotatable bonds is 20. The molecule has 1 aliphatic rings. The van der Waals surface area contributed by atoms with Crippen molar-refractivity contribution >= 4 is 103 Å². The molecule has 0 aliphatic carbocycles. The number of thioether (sulfide) groups is 1. The van der Waals surface area contributed by atoms with E-state index in [0.717, 1.165) is 66.0 Å². The van der Waals surface area contributed by atoms with E-state index in [2.05, 4.69) is 60.2 Å². The monoisotopic (exact) mass is 1110 g/mol. The molecule has 394 valence electrons. The second-order valence-corrected chi connectivity index (χ2v) is 21.5. The molecule has 18 nitrogen and oxygen atoms in total. The van der Waals surface area contributed by atoms with E-state index in [0.29, 0.717) is 51.1 Å². The molecule has 0 saturated carbocycles. The Morgan fingerprint density at radius 3 is 2.22 bits per heavy atom. The second kappa shape index (κ2) is 25.0. The molecular formula is C55H53ClN12O6S3. The Morgan fingerprint density at radius 1 is 0.818 bits per heavy atom. The van der Waals surface area contributed by atoms with Gasteiger partial charge in [-0.15, -0.1) is 32.9 Å². The van der Waals surface area contributed by atoms with Gasteiger partial charge in [-0.2, -0.15) is 10.2 Å². The van der Waals surface area contributed by atoms with Crippen molar-refractivity contribution in [3.63, 3.8) is 0 Å². The Morgan fingerprint density at radius 2 is 1.51 bits per heavy atom. The summed E-state index contributed by atoms with van der Waals surface area (Å²) in [7, 11) is 3.94. The van der Waals surface area contributed by atoms with Gasteiger partial charge in [-0.25, -0.2) is 9.78 Å². The van der Waals surface area contributed by atoms with Gasteiger partial charge in [0.2, 0.25) is 5.91 Å². The van der Waals surface area contributed by atoms with Crippen LogP contribution in [-0.4, -0.2) is 100 Å². The summed E-state index contributed by atoms with van der Waals surface area (Å²) in [5.74, 6) is 0.248. The molecule has 0 unspecified atom stereocenters. The van der Waals surface area contributed by atoms with Gasteiger partial charge in [-0.3, -0.25) is 28.9 Å². The highest BCUT2D eigenvalue weighted by atomic mass is 35.5. The average molecular weight is 1110 g/mol. The predicted molar refractivity (Wildman–Crippen MR) is 301 cm³/mol. The number of thiophene rings is 1. The predicted octanol–water partition coefficient (Wildman–Crippen LogP) is 10.6. The largest absolute Gasteiger partial charge is 0.452 e. The summed E-state index contributed by atoms with van der Waals surface area (Å²) in [5.41, 5.74) is 7.77. The van der Waals surface area contributed by atoms with E-state index in [-0.39, 0.29) is 62.3 Å². The first-order valence-corrected chi connectivity index (χ1v) is 27.4. The number of thiazole rings is 1. The van der Waals surface area contributed by atoms with Crippen molar-refractivity contribution < 1.29 is 28.7 Å². The quantitative estimate of drug-likeness (QED) is 0.0281. The minimum absolute atomic E-state index is 0.0173. The van der Waals surface area contributed by atoms with Crippen LogP contribution in [0.15, 0.2) is 129 Å². The number of hydrogen-bond acceptors (Lipinski definition) is 17. The van der Waals surface area contributed by atoms with Crippen LogP contribution in [0.3, 0.4) is 0 Å². The molecule has 9 rings (SSSR count). The molecule has 77 heavy (non-hydrogen) atoms. The van der Waals surface area contributed by atoms with Crippen molar-refractivity contribution in [1.82, 2.24) is 40.7 Å². The number of azo groups is 1. The van der Waals surface area contributed by atoms with E-state index in [4.69, 9.17) is 26.1 Å². The van der Waals surface area contributed by atoms with Crippen molar-refractivity contribution in [1.29, 1.82) is 0 Å². The highest BCUT2D eigenvalue weighted by molar-refractivity contribution is 8.13.